The Morgan fingerprint density at radius 3 is 1.00 bits per heavy atom. The number of carbonyl (C=O) groups is 3. The quantitative estimate of drug-likeness (QED) is 0.0262. The number of unbranched alkanes of at least 4 members (excludes halogenated alkanes) is 26. The highest BCUT2D eigenvalue weighted by Crippen LogP contribution is 2.15. The molecule has 0 aliphatic rings. The zero-order chi connectivity index (χ0) is 47.2. The van der Waals surface area contributed by atoms with Gasteiger partial charge in [-0.25, -0.2) is 0 Å². The molecule has 0 radical (unpaired) electrons. The molecule has 0 amide bonds. The Hall–Kier alpha value is -3.15. The molecule has 0 bridgehead atoms. The van der Waals surface area contributed by atoms with Gasteiger partial charge in [-0.15, -0.1) is 0 Å². The van der Waals surface area contributed by atoms with Crippen LogP contribution in [-0.2, 0) is 28.6 Å². The van der Waals surface area contributed by atoms with Crippen LogP contribution in [0.1, 0.15) is 265 Å². The van der Waals surface area contributed by atoms with Gasteiger partial charge in [0, 0.05) is 19.3 Å². The van der Waals surface area contributed by atoms with Crippen LogP contribution in [0.3, 0.4) is 0 Å². The van der Waals surface area contributed by atoms with Crippen molar-refractivity contribution in [1.29, 1.82) is 0 Å². The number of rotatable bonds is 49. The summed E-state index contributed by atoms with van der Waals surface area (Å²) in [7, 11) is 0. The molecule has 0 heterocycles. The molecule has 6 nitrogen and oxygen atoms in total. The predicted octanol–water partition coefficient (Wildman–Crippen LogP) is 18.2. The second-order valence-electron chi connectivity index (χ2n) is 18.1. The summed E-state index contributed by atoms with van der Waals surface area (Å²) in [6, 6.07) is 0. The molecular formula is C59H102O6. The normalized spacial score (nSPS) is 12.6. The van der Waals surface area contributed by atoms with E-state index in [1.807, 2.05) is 0 Å². The molecule has 0 rings (SSSR count). The Morgan fingerprint density at radius 1 is 0.323 bits per heavy atom. The fourth-order valence-corrected chi connectivity index (χ4v) is 7.58. The van der Waals surface area contributed by atoms with Gasteiger partial charge in [0.2, 0.25) is 0 Å². The van der Waals surface area contributed by atoms with E-state index in [-0.39, 0.29) is 37.5 Å². The summed E-state index contributed by atoms with van der Waals surface area (Å²) < 4.78 is 16.8. The SMILES string of the molecule is CC/C=C\C/C=C\C/C=C\C/C=C\CCCCC(=O)O[C@@H](COC(=O)CCCCCCC/C=C\C/C=C\CCCCC)COC(=O)CCCCCCCCCCCCCCCCCCC. The van der Waals surface area contributed by atoms with Crippen LogP contribution in [0.5, 0.6) is 0 Å². The third-order valence-corrected chi connectivity index (χ3v) is 11.7. The van der Waals surface area contributed by atoms with Gasteiger partial charge in [0.1, 0.15) is 13.2 Å². The third-order valence-electron chi connectivity index (χ3n) is 11.7. The molecule has 1 atom stereocenters. The summed E-state index contributed by atoms with van der Waals surface area (Å²) in [6.07, 6.45) is 67.5. The van der Waals surface area contributed by atoms with Gasteiger partial charge in [-0.3, -0.25) is 14.4 Å². The molecule has 6 heteroatoms. The van der Waals surface area contributed by atoms with Crippen molar-refractivity contribution in [1.82, 2.24) is 0 Å². The largest absolute Gasteiger partial charge is 0.462 e. The van der Waals surface area contributed by atoms with Gasteiger partial charge < -0.3 is 14.2 Å². The van der Waals surface area contributed by atoms with Gasteiger partial charge in [-0.1, -0.05) is 229 Å². The number of allylic oxidation sites excluding steroid dienone is 12. The third kappa shape index (κ3) is 51.7. The molecule has 0 aromatic carbocycles. The minimum absolute atomic E-state index is 0.0948. The first-order valence-electron chi connectivity index (χ1n) is 27.4. The Kier molecular flexibility index (Phi) is 50.9. The minimum Gasteiger partial charge on any atom is -0.462 e. The van der Waals surface area contributed by atoms with E-state index in [9.17, 15) is 14.4 Å². The zero-order valence-corrected chi connectivity index (χ0v) is 42.7. The van der Waals surface area contributed by atoms with Gasteiger partial charge in [-0.05, 0) is 89.9 Å². The van der Waals surface area contributed by atoms with Gasteiger partial charge in [-0.2, -0.15) is 0 Å². The van der Waals surface area contributed by atoms with E-state index in [4.69, 9.17) is 14.2 Å². The van der Waals surface area contributed by atoms with E-state index in [1.165, 1.54) is 116 Å². The monoisotopic (exact) mass is 907 g/mol. The van der Waals surface area contributed by atoms with Crippen LogP contribution in [0.4, 0.5) is 0 Å². The maximum absolute atomic E-state index is 12.8. The maximum Gasteiger partial charge on any atom is 0.306 e. The van der Waals surface area contributed by atoms with Crippen LogP contribution in [0.25, 0.3) is 0 Å². The van der Waals surface area contributed by atoms with Crippen LogP contribution in [0, 0.1) is 0 Å². The highest BCUT2D eigenvalue weighted by atomic mass is 16.6. The second-order valence-corrected chi connectivity index (χ2v) is 18.1. The average Bonchev–Trinajstić information content (AvgIpc) is 3.30. The molecule has 0 unspecified atom stereocenters. The lowest BCUT2D eigenvalue weighted by molar-refractivity contribution is -0.167. The smallest absolute Gasteiger partial charge is 0.306 e. The number of hydrogen-bond acceptors (Lipinski definition) is 6. The molecule has 0 N–H and O–H groups in total. The molecule has 0 aromatic heterocycles. The summed E-state index contributed by atoms with van der Waals surface area (Å²) in [5.41, 5.74) is 0. The molecule has 0 aliphatic heterocycles. The number of ether oxygens (including phenoxy) is 3. The summed E-state index contributed by atoms with van der Waals surface area (Å²) in [5.74, 6) is -0.944. The lowest BCUT2D eigenvalue weighted by Crippen LogP contribution is -2.30. The van der Waals surface area contributed by atoms with Crippen molar-refractivity contribution in [2.75, 3.05) is 13.2 Å². The minimum atomic E-state index is -0.801. The lowest BCUT2D eigenvalue weighted by atomic mass is 10.0. The van der Waals surface area contributed by atoms with Crippen molar-refractivity contribution in [2.24, 2.45) is 0 Å². The number of carbonyl (C=O) groups excluding carboxylic acids is 3. The van der Waals surface area contributed by atoms with E-state index in [2.05, 4.69) is 93.7 Å². The van der Waals surface area contributed by atoms with Crippen LogP contribution in [-0.4, -0.2) is 37.2 Å². The van der Waals surface area contributed by atoms with Crippen molar-refractivity contribution in [3.63, 3.8) is 0 Å². The van der Waals surface area contributed by atoms with Crippen molar-refractivity contribution >= 4 is 17.9 Å². The van der Waals surface area contributed by atoms with E-state index < -0.39 is 6.10 Å². The lowest BCUT2D eigenvalue weighted by Gasteiger charge is -2.18. The molecule has 0 aromatic rings. The van der Waals surface area contributed by atoms with Gasteiger partial charge in [0.15, 0.2) is 6.10 Å². The number of hydrogen-bond donors (Lipinski definition) is 0. The van der Waals surface area contributed by atoms with Gasteiger partial charge in [0.25, 0.3) is 0 Å². The zero-order valence-electron chi connectivity index (χ0n) is 42.7. The van der Waals surface area contributed by atoms with E-state index in [1.54, 1.807) is 0 Å². The first kappa shape index (κ1) is 61.9. The Morgan fingerprint density at radius 2 is 0.600 bits per heavy atom. The van der Waals surface area contributed by atoms with Crippen molar-refractivity contribution < 1.29 is 28.6 Å². The fraction of sp³-hybridized carbons (Fsp3) is 0.746. The van der Waals surface area contributed by atoms with E-state index in [0.29, 0.717) is 19.3 Å². The summed E-state index contributed by atoms with van der Waals surface area (Å²) >= 11 is 0. The van der Waals surface area contributed by atoms with Crippen LogP contribution in [0.2, 0.25) is 0 Å². The molecule has 0 aliphatic carbocycles. The van der Waals surface area contributed by atoms with Crippen LogP contribution >= 0.6 is 0 Å². The van der Waals surface area contributed by atoms with Crippen molar-refractivity contribution in [2.45, 2.75) is 271 Å². The topological polar surface area (TPSA) is 78.9 Å². The Labute approximate surface area is 402 Å². The Bertz CT molecular complexity index is 1230. The Balaban J connectivity index is 4.44. The molecule has 65 heavy (non-hydrogen) atoms. The van der Waals surface area contributed by atoms with Crippen molar-refractivity contribution in [3.8, 4) is 0 Å². The van der Waals surface area contributed by atoms with Crippen LogP contribution < -0.4 is 0 Å². The van der Waals surface area contributed by atoms with E-state index in [0.717, 1.165) is 103 Å². The second kappa shape index (κ2) is 53.5. The predicted molar refractivity (Wildman–Crippen MR) is 279 cm³/mol. The van der Waals surface area contributed by atoms with Crippen LogP contribution in [0.15, 0.2) is 72.9 Å². The molecule has 374 valence electrons. The van der Waals surface area contributed by atoms with E-state index >= 15 is 0 Å². The van der Waals surface area contributed by atoms with Gasteiger partial charge in [0.05, 0.1) is 0 Å². The molecular weight excluding hydrogens is 805 g/mol. The first-order valence-corrected chi connectivity index (χ1v) is 27.4. The summed E-state index contributed by atoms with van der Waals surface area (Å²) in [4.78, 5) is 38.1. The summed E-state index contributed by atoms with van der Waals surface area (Å²) in [6.45, 7) is 6.47. The number of esters is 3. The highest BCUT2D eigenvalue weighted by Gasteiger charge is 2.19. The summed E-state index contributed by atoms with van der Waals surface area (Å²) in [5, 5.41) is 0. The van der Waals surface area contributed by atoms with Gasteiger partial charge >= 0.3 is 17.9 Å². The first-order chi connectivity index (χ1) is 32.0. The molecule has 0 fully saturated rings. The van der Waals surface area contributed by atoms with Crippen molar-refractivity contribution in [3.05, 3.63) is 72.9 Å². The molecule has 0 spiro atoms. The maximum atomic E-state index is 12.8. The highest BCUT2D eigenvalue weighted by molar-refractivity contribution is 5.71. The molecule has 0 saturated heterocycles. The average molecular weight is 907 g/mol. The fourth-order valence-electron chi connectivity index (χ4n) is 7.58. The molecule has 0 saturated carbocycles. The standard InChI is InChI=1S/C59H102O6/c1-4-7-10-13-16-19-22-25-28-29-32-34-37-40-43-46-49-52-58(61)64-55-56(65-59(62)53-50-47-44-41-38-35-31-27-24-21-18-15-12-9-6-3)54-63-57(60)51-48-45-42-39-36-33-30-26-23-20-17-14-11-8-5-2/h9,12,17-18,20-21,26-27,30-31,38,41,56H,4-8,10-11,13-16,19,22-25,28-29,32-37,39-40,42-55H2,1-3H3/b12-9-,20-17-,21-18-,30-26-,31-27-,41-38-/t56-/m0/s1.